The molecule has 0 spiro atoms. The number of ether oxygens (including phenoxy) is 1. The minimum atomic E-state index is -0.390. The zero-order valence-corrected chi connectivity index (χ0v) is 23.0. The lowest BCUT2D eigenvalue weighted by Gasteiger charge is -2.37. The maximum absolute atomic E-state index is 14.7. The van der Waals surface area contributed by atoms with Crippen LogP contribution >= 0.6 is 0 Å². The van der Waals surface area contributed by atoms with E-state index in [4.69, 9.17) is 4.74 Å². The van der Waals surface area contributed by atoms with E-state index in [-0.39, 0.29) is 17.9 Å². The Labute approximate surface area is 233 Å². The number of carbonyl (C=O) groups is 2. The van der Waals surface area contributed by atoms with Crippen molar-refractivity contribution in [3.05, 3.63) is 83.7 Å². The van der Waals surface area contributed by atoms with Gasteiger partial charge in [0.2, 0.25) is 5.91 Å². The molecule has 40 heavy (non-hydrogen) atoms. The number of fused-ring (bicyclic) bond motifs is 1. The summed E-state index contributed by atoms with van der Waals surface area (Å²) in [5, 5.41) is 9.02. The molecule has 0 radical (unpaired) electrons. The molecular formula is C31H34FN5O3. The lowest BCUT2D eigenvalue weighted by atomic mass is 9.98. The lowest BCUT2D eigenvalue weighted by molar-refractivity contribution is -0.127. The van der Waals surface area contributed by atoms with Gasteiger partial charge in [-0.25, -0.2) is 4.39 Å². The number of nitrogens with one attached hydrogen (secondary N) is 3. The van der Waals surface area contributed by atoms with E-state index in [2.05, 4.69) is 32.8 Å². The second kappa shape index (κ2) is 11.9. The fourth-order valence-corrected chi connectivity index (χ4v) is 5.30. The molecule has 2 aliphatic heterocycles. The molecule has 9 heteroatoms. The van der Waals surface area contributed by atoms with Crippen molar-refractivity contribution in [2.24, 2.45) is 0 Å². The largest absolute Gasteiger partial charge is 0.496 e. The number of nitrogens with zero attached hydrogens (tertiary/aromatic N) is 2. The summed E-state index contributed by atoms with van der Waals surface area (Å²) in [6, 6.07) is 17.6. The average Bonchev–Trinajstić information content (AvgIpc) is 3.28. The highest BCUT2D eigenvalue weighted by molar-refractivity contribution is 6.31. The molecule has 0 aromatic heterocycles. The van der Waals surface area contributed by atoms with Gasteiger partial charge in [0, 0.05) is 62.3 Å². The quantitative estimate of drug-likeness (QED) is 0.373. The number of piperazine rings is 1. The highest BCUT2D eigenvalue weighted by Crippen LogP contribution is 2.39. The van der Waals surface area contributed by atoms with Crippen molar-refractivity contribution in [2.75, 3.05) is 64.6 Å². The maximum atomic E-state index is 14.7. The predicted octanol–water partition coefficient (Wildman–Crippen LogP) is 3.98. The SMILES string of the molecule is CNC(=O)C(c1ccc(NC/C=C2\C(=O)Nc3ccc(-c4c(F)cccc4OC)cc32)cc1)N1CCN(C)CC1. The van der Waals surface area contributed by atoms with Crippen LogP contribution in [0.25, 0.3) is 16.7 Å². The summed E-state index contributed by atoms with van der Waals surface area (Å²) in [4.78, 5) is 30.0. The van der Waals surface area contributed by atoms with E-state index in [9.17, 15) is 14.0 Å². The smallest absolute Gasteiger partial charge is 0.256 e. The Morgan fingerprint density at radius 2 is 1.85 bits per heavy atom. The Kier molecular flexibility index (Phi) is 8.14. The molecule has 8 nitrogen and oxygen atoms in total. The van der Waals surface area contributed by atoms with Crippen molar-refractivity contribution >= 4 is 28.8 Å². The molecule has 5 rings (SSSR count). The number of rotatable bonds is 8. The third kappa shape index (κ3) is 5.57. The Morgan fingerprint density at radius 1 is 1.10 bits per heavy atom. The zero-order valence-electron chi connectivity index (χ0n) is 23.0. The molecule has 1 atom stereocenters. The molecule has 1 saturated heterocycles. The Hall–Kier alpha value is -4.21. The van der Waals surface area contributed by atoms with Gasteiger partial charge in [-0.15, -0.1) is 0 Å². The van der Waals surface area contributed by atoms with Gasteiger partial charge in [-0.2, -0.15) is 0 Å². The number of benzene rings is 3. The molecule has 2 heterocycles. The van der Waals surface area contributed by atoms with Crippen LogP contribution in [-0.2, 0) is 9.59 Å². The van der Waals surface area contributed by atoms with Crippen molar-refractivity contribution in [1.29, 1.82) is 0 Å². The number of anilines is 2. The zero-order chi connectivity index (χ0) is 28.2. The van der Waals surface area contributed by atoms with E-state index in [1.165, 1.54) is 13.2 Å². The number of hydrogen-bond donors (Lipinski definition) is 3. The maximum Gasteiger partial charge on any atom is 0.256 e. The summed E-state index contributed by atoms with van der Waals surface area (Å²) in [6.45, 7) is 3.92. The number of amides is 2. The molecule has 0 aliphatic carbocycles. The van der Waals surface area contributed by atoms with E-state index in [0.717, 1.165) is 37.4 Å². The van der Waals surface area contributed by atoms with Gasteiger partial charge >= 0.3 is 0 Å². The van der Waals surface area contributed by atoms with Crippen molar-refractivity contribution in [3.63, 3.8) is 0 Å². The summed E-state index contributed by atoms with van der Waals surface area (Å²) in [5.74, 6) is -0.184. The monoisotopic (exact) mass is 543 g/mol. The molecule has 1 fully saturated rings. The number of halogens is 1. The van der Waals surface area contributed by atoms with Crippen molar-refractivity contribution in [2.45, 2.75) is 6.04 Å². The van der Waals surface area contributed by atoms with Gasteiger partial charge in [0.25, 0.3) is 5.91 Å². The van der Waals surface area contributed by atoms with E-state index >= 15 is 0 Å². The summed E-state index contributed by atoms with van der Waals surface area (Å²) in [7, 11) is 5.27. The van der Waals surface area contributed by atoms with Crippen LogP contribution in [-0.4, -0.2) is 75.5 Å². The highest BCUT2D eigenvalue weighted by atomic mass is 19.1. The van der Waals surface area contributed by atoms with Gasteiger partial charge < -0.3 is 25.6 Å². The lowest BCUT2D eigenvalue weighted by Crippen LogP contribution is -2.49. The Balaban J connectivity index is 1.31. The van der Waals surface area contributed by atoms with Crippen molar-refractivity contribution < 1.29 is 18.7 Å². The van der Waals surface area contributed by atoms with Crippen LogP contribution in [0.4, 0.5) is 15.8 Å². The van der Waals surface area contributed by atoms with Crippen molar-refractivity contribution in [1.82, 2.24) is 15.1 Å². The molecule has 3 N–H and O–H groups in total. The van der Waals surface area contributed by atoms with E-state index in [0.29, 0.717) is 40.2 Å². The first kappa shape index (κ1) is 27.4. The average molecular weight is 544 g/mol. The van der Waals surface area contributed by atoms with E-state index < -0.39 is 5.82 Å². The third-order valence-corrected chi connectivity index (χ3v) is 7.52. The molecule has 0 saturated carbocycles. The van der Waals surface area contributed by atoms with Gasteiger partial charge in [-0.3, -0.25) is 14.5 Å². The van der Waals surface area contributed by atoms with Crippen molar-refractivity contribution in [3.8, 4) is 16.9 Å². The molecule has 1 unspecified atom stereocenters. The van der Waals surface area contributed by atoms with E-state index in [1.54, 1.807) is 31.3 Å². The third-order valence-electron chi connectivity index (χ3n) is 7.52. The van der Waals surface area contributed by atoms with Crippen LogP contribution in [0.2, 0.25) is 0 Å². The Morgan fingerprint density at radius 3 is 2.55 bits per heavy atom. The normalized spacial score (nSPS) is 17.3. The van der Waals surface area contributed by atoms with Gasteiger partial charge in [0.15, 0.2) is 0 Å². The molecule has 208 valence electrons. The van der Waals surface area contributed by atoms with Gasteiger partial charge in [-0.1, -0.05) is 30.3 Å². The summed E-state index contributed by atoms with van der Waals surface area (Å²) < 4.78 is 20.1. The fourth-order valence-electron chi connectivity index (χ4n) is 5.30. The minimum absolute atomic E-state index is 0.0201. The Bertz CT molecular complexity index is 1430. The van der Waals surface area contributed by atoms with Crippen LogP contribution in [0.3, 0.4) is 0 Å². The van der Waals surface area contributed by atoms with Gasteiger partial charge in [0.1, 0.15) is 17.6 Å². The molecule has 2 amide bonds. The first-order chi connectivity index (χ1) is 19.4. The van der Waals surface area contributed by atoms with Crippen LogP contribution in [0.5, 0.6) is 5.75 Å². The number of likely N-dealkylation sites (N-methyl/N-ethyl adjacent to an activating group) is 2. The topological polar surface area (TPSA) is 85.9 Å². The molecule has 2 aliphatic rings. The first-order valence-electron chi connectivity index (χ1n) is 13.4. The predicted molar refractivity (Wildman–Crippen MR) is 156 cm³/mol. The summed E-state index contributed by atoms with van der Waals surface area (Å²) >= 11 is 0. The van der Waals surface area contributed by atoms with E-state index in [1.807, 2.05) is 36.4 Å². The summed E-state index contributed by atoms with van der Waals surface area (Å²) in [6.07, 6.45) is 1.83. The van der Waals surface area contributed by atoms with Gasteiger partial charge in [-0.05, 0) is 54.6 Å². The van der Waals surface area contributed by atoms with Crippen LogP contribution in [0.1, 0.15) is 17.2 Å². The van der Waals surface area contributed by atoms with Crippen LogP contribution in [0, 0.1) is 5.82 Å². The number of hydrogen-bond acceptors (Lipinski definition) is 6. The second-order valence-electron chi connectivity index (χ2n) is 10.0. The minimum Gasteiger partial charge on any atom is -0.496 e. The van der Waals surface area contributed by atoms with Crippen LogP contribution < -0.4 is 20.7 Å². The van der Waals surface area contributed by atoms with Gasteiger partial charge in [0.05, 0.1) is 12.7 Å². The fraction of sp³-hybridized carbons (Fsp3) is 0.290. The molecule has 0 bridgehead atoms. The second-order valence-corrected chi connectivity index (χ2v) is 10.0. The highest BCUT2D eigenvalue weighted by Gasteiger charge is 2.29. The number of carbonyl (C=O) groups excluding carboxylic acids is 2. The molecule has 3 aromatic rings. The standard InChI is InChI=1S/C31H34FN5O3/c1-33-31(39)29(37-17-15-36(2)16-18-37)20-7-10-22(11-8-20)34-14-13-23-24-19-21(9-12-26(24)35-30(23)38)28-25(32)5-4-6-27(28)40-3/h4-13,19,29,34H,14-18H2,1-3H3,(H,33,39)(H,35,38)/b23-13-. The molecule has 3 aromatic carbocycles. The summed E-state index contributed by atoms with van der Waals surface area (Å²) in [5.41, 5.74) is 4.72. The van der Waals surface area contributed by atoms with Crippen LogP contribution in [0.15, 0.2) is 66.7 Å². The first-order valence-corrected chi connectivity index (χ1v) is 13.4. The number of methoxy groups -OCH3 is 1. The molecular weight excluding hydrogens is 509 g/mol.